The lowest BCUT2D eigenvalue weighted by Gasteiger charge is -2.06. The fourth-order valence-corrected chi connectivity index (χ4v) is 2.79. The summed E-state index contributed by atoms with van der Waals surface area (Å²) in [6.07, 6.45) is 6.34. The van der Waals surface area contributed by atoms with Gasteiger partial charge < -0.3 is 4.98 Å². The molecule has 2 heterocycles. The zero-order valence-electron chi connectivity index (χ0n) is 11.6. The molecule has 3 heteroatoms. The van der Waals surface area contributed by atoms with Gasteiger partial charge in [0, 0.05) is 22.3 Å². The predicted molar refractivity (Wildman–Crippen MR) is 82.6 cm³/mol. The molecule has 0 atom stereocenters. The molecule has 0 radical (unpaired) electrons. The van der Waals surface area contributed by atoms with Crippen LogP contribution in [0.1, 0.15) is 30.1 Å². The molecule has 20 heavy (non-hydrogen) atoms. The molecular formula is C17H17N3. The van der Waals surface area contributed by atoms with Crippen molar-refractivity contribution in [3.63, 3.8) is 0 Å². The number of rotatable bonds is 3. The number of aryl methyl sites for hydroxylation is 1. The van der Waals surface area contributed by atoms with Crippen molar-refractivity contribution in [2.75, 3.05) is 0 Å². The van der Waals surface area contributed by atoms with Gasteiger partial charge in [0.15, 0.2) is 0 Å². The fourth-order valence-electron chi connectivity index (χ4n) is 2.79. The summed E-state index contributed by atoms with van der Waals surface area (Å²) in [6, 6.07) is 9.27. The Morgan fingerprint density at radius 1 is 1.35 bits per heavy atom. The predicted octanol–water partition coefficient (Wildman–Crippen LogP) is 4.32. The Morgan fingerprint density at radius 3 is 2.90 bits per heavy atom. The minimum atomic E-state index is 0.621. The number of hydrogen-bond acceptors (Lipinski definition) is 1. The Bertz CT molecular complexity index is 803. The lowest BCUT2D eigenvalue weighted by atomic mass is 10.0. The van der Waals surface area contributed by atoms with E-state index in [9.17, 15) is 0 Å². The Labute approximate surface area is 117 Å². The van der Waals surface area contributed by atoms with Crippen LogP contribution in [0.3, 0.4) is 0 Å². The molecule has 2 aromatic heterocycles. The minimum Gasteiger partial charge on any atom is -0.355 e. The Balaban J connectivity index is 1.87. The number of aromatic nitrogens is 3. The Hall–Kier alpha value is -2.29. The molecule has 1 fully saturated rings. The van der Waals surface area contributed by atoms with E-state index in [1.54, 1.807) is 0 Å². The van der Waals surface area contributed by atoms with Gasteiger partial charge >= 0.3 is 0 Å². The summed E-state index contributed by atoms with van der Waals surface area (Å²) in [5.74, 6) is 0. The maximum absolute atomic E-state index is 4.54. The first kappa shape index (κ1) is 11.5. The van der Waals surface area contributed by atoms with Crippen LogP contribution in [0.15, 0.2) is 37.0 Å². The molecule has 0 bridgehead atoms. The highest BCUT2D eigenvalue weighted by Crippen LogP contribution is 2.38. The van der Waals surface area contributed by atoms with Gasteiger partial charge in [-0.1, -0.05) is 6.58 Å². The van der Waals surface area contributed by atoms with Gasteiger partial charge in [0.05, 0.1) is 17.8 Å². The van der Waals surface area contributed by atoms with Gasteiger partial charge in [-0.05, 0) is 55.7 Å². The molecule has 3 aromatic rings. The molecule has 1 aliphatic carbocycles. The minimum absolute atomic E-state index is 0.621. The van der Waals surface area contributed by atoms with E-state index in [2.05, 4.69) is 52.5 Å². The van der Waals surface area contributed by atoms with Crippen LogP contribution in [0.25, 0.3) is 28.2 Å². The second kappa shape index (κ2) is 4.10. The van der Waals surface area contributed by atoms with Crippen molar-refractivity contribution in [1.82, 2.24) is 14.8 Å². The number of nitrogens with zero attached hydrogens (tertiary/aromatic N) is 2. The van der Waals surface area contributed by atoms with E-state index in [1.165, 1.54) is 34.9 Å². The quantitative estimate of drug-likeness (QED) is 0.750. The lowest BCUT2D eigenvalue weighted by Crippen LogP contribution is -1.95. The number of aromatic amines is 1. The van der Waals surface area contributed by atoms with E-state index < -0.39 is 0 Å². The topological polar surface area (TPSA) is 33.6 Å². The average molecular weight is 263 g/mol. The van der Waals surface area contributed by atoms with Crippen LogP contribution in [0.2, 0.25) is 0 Å². The van der Waals surface area contributed by atoms with Crippen molar-refractivity contribution in [3.05, 3.63) is 48.3 Å². The van der Waals surface area contributed by atoms with Gasteiger partial charge in [-0.2, -0.15) is 5.10 Å². The van der Waals surface area contributed by atoms with Gasteiger partial charge in [0.1, 0.15) is 0 Å². The molecule has 0 aliphatic heterocycles. The van der Waals surface area contributed by atoms with Gasteiger partial charge in [0.25, 0.3) is 0 Å². The smallest absolute Gasteiger partial charge is 0.0688 e. The van der Waals surface area contributed by atoms with Crippen LogP contribution in [-0.2, 0) is 0 Å². The number of hydrogen-bond donors (Lipinski definition) is 1. The van der Waals surface area contributed by atoms with Crippen LogP contribution in [0, 0.1) is 6.92 Å². The SMILES string of the molecule is C=Cc1ccc(-c2cc3cnn(C4CC4)c3cc2C)[nH]1. The number of fused-ring (bicyclic) bond motifs is 1. The third kappa shape index (κ3) is 1.70. The maximum Gasteiger partial charge on any atom is 0.0688 e. The largest absolute Gasteiger partial charge is 0.355 e. The Kier molecular flexibility index (Phi) is 2.36. The van der Waals surface area contributed by atoms with Crippen molar-refractivity contribution in [1.29, 1.82) is 0 Å². The average Bonchev–Trinajstić information content (AvgIpc) is 3.04. The zero-order chi connectivity index (χ0) is 13.7. The summed E-state index contributed by atoms with van der Waals surface area (Å²) in [5, 5.41) is 5.76. The van der Waals surface area contributed by atoms with E-state index >= 15 is 0 Å². The van der Waals surface area contributed by atoms with E-state index in [0.29, 0.717) is 6.04 Å². The number of nitrogens with one attached hydrogen (secondary N) is 1. The van der Waals surface area contributed by atoms with Gasteiger partial charge in [-0.25, -0.2) is 0 Å². The third-order valence-electron chi connectivity index (χ3n) is 4.05. The molecule has 4 rings (SSSR count). The lowest BCUT2D eigenvalue weighted by molar-refractivity contribution is 0.665. The number of H-pyrrole nitrogens is 1. The van der Waals surface area contributed by atoms with Crippen molar-refractivity contribution in [2.45, 2.75) is 25.8 Å². The van der Waals surface area contributed by atoms with Crippen LogP contribution in [0.5, 0.6) is 0 Å². The molecule has 3 nitrogen and oxygen atoms in total. The fraction of sp³-hybridized carbons (Fsp3) is 0.235. The van der Waals surface area contributed by atoms with Crippen LogP contribution >= 0.6 is 0 Å². The van der Waals surface area contributed by atoms with Crippen LogP contribution < -0.4 is 0 Å². The van der Waals surface area contributed by atoms with E-state index in [4.69, 9.17) is 0 Å². The highest BCUT2D eigenvalue weighted by molar-refractivity contribution is 5.86. The molecular weight excluding hydrogens is 246 g/mol. The molecule has 1 N–H and O–H groups in total. The highest BCUT2D eigenvalue weighted by Gasteiger charge is 2.26. The van der Waals surface area contributed by atoms with Gasteiger partial charge in [0.2, 0.25) is 0 Å². The van der Waals surface area contributed by atoms with Crippen molar-refractivity contribution in [3.8, 4) is 11.3 Å². The first-order chi connectivity index (χ1) is 9.76. The Morgan fingerprint density at radius 2 is 2.20 bits per heavy atom. The summed E-state index contributed by atoms with van der Waals surface area (Å²) < 4.78 is 2.18. The summed E-state index contributed by atoms with van der Waals surface area (Å²) in [7, 11) is 0. The maximum atomic E-state index is 4.54. The van der Waals surface area contributed by atoms with Crippen molar-refractivity contribution >= 4 is 17.0 Å². The molecule has 0 unspecified atom stereocenters. The molecule has 1 aliphatic rings. The first-order valence-corrected chi connectivity index (χ1v) is 7.06. The summed E-state index contributed by atoms with van der Waals surface area (Å²) in [5.41, 5.74) is 5.95. The summed E-state index contributed by atoms with van der Waals surface area (Å²) in [6.45, 7) is 5.96. The normalized spacial score (nSPS) is 14.8. The molecule has 1 aromatic carbocycles. The second-order valence-corrected chi connectivity index (χ2v) is 5.58. The monoisotopic (exact) mass is 263 g/mol. The second-order valence-electron chi connectivity index (χ2n) is 5.58. The molecule has 1 saturated carbocycles. The van der Waals surface area contributed by atoms with Crippen LogP contribution in [-0.4, -0.2) is 14.8 Å². The van der Waals surface area contributed by atoms with E-state index in [-0.39, 0.29) is 0 Å². The van der Waals surface area contributed by atoms with Crippen molar-refractivity contribution in [2.24, 2.45) is 0 Å². The molecule has 0 amide bonds. The van der Waals surface area contributed by atoms with E-state index in [1.807, 2.05) is 12.3 Å². The van der Waals surface area contributed by atoms with Crippen LogP contribution in [0.4, 0.5) is 0 Å². The molecule has 100 valence electrons. The highest BCUT2D eigenvalue weighted by atomic mass is 15.3. The van der Waals surface area contributed by atoms with Gasteiger partial charge in [-0.3, -0.25) is 4.68 Å². The summed E-state index contributed by atoms with van der Waals surface area (Å²) in [4.78, 5) is 3.38. The zero-order valence-corrected chi connectivity index (χ0v) is 11.6. The van der Waals surface area contributed by atoms with Crippen molar-refractivity contribution < 1.29 is 0 Å². The van der Waals surface area contributed by atoms with E-state index in [0.717, 1.165) is 11.4 Å². The molecule has 0 spiro atoms. The first-order valence-electron chi connectivity index (χ1n) is 7.06. The third-order valence-corrected chi connectivity index (χ3v) is 4.05. The standard InChI is InChI=1S/C17H17N3/c1-3-13-4-7-16(19-13)15-9-12-10-18-20(14-5-6-14)17(12)8-11(15)2/h3-4,7-10,14,19H,1,5-6H2,2H3. The molecule has 0 saturated heterocycles. The van der Waals surface area contributed by atoms with Gasteiger partial charge in [-0.15, -0.1) is 0 Å². The number of benzene rings is 1. The summed E-state index contributed by atoms with van der Waals surface area (Å²) >= 11 is 0.